The molecule has 1 atom stereocenters. The van der Waals surface area contributed by atoms with Crippen molar-refractivity contribution in [2.45, 2.75) is 51.4 Å². The molecule has 1 fully saturated rings. The lowest BCUT2D eigenvalue weighted by atomic mass is 9.98. The van der Waals surface area contributed by atoms with Crippen LogP contribution in [0.1, 0.15) is 43.7 Å². The number of piperidine rings is 1. The SMILES string of the molecule is CC(=O)NCC[C@H]1CCCCN1Cc1ccc(C(F)(F)F)c(F)c1. The zero-order valence-electron chi connectivity index (χ0n) is 13.6. The third-order valence-electron chi connectivity index (χ3n) is 4.33. The summed E-state index contributed by atoms with van der Waals surface area (Å²) in [6, 6.07) is 3.37. The fourth-order valence-electron chi connectivity index (χ4n) is 3.13. The predicted octanol–water partition coefficient (Wildman–Crippen LogP) is 3.73. The maximum absolute atomic E-state index is 13.7. The molecule has 1 heterocycles. The van der Waals surface area contributed by atoms with Crippen LogP contribution in [0.15, 0.2) is 18.2 Å². The van der Waals surface area contributed by atoms with Crippen LogP contribution < -0.4 is 5.32 Å². The minimum atomic E-state index is -4.67. The summed E-state index contributed by atoms with van der Waals surface area (Å²) in [5, 5.41) is 2.76. The first-order chi connectivity index (χ1) is 11.3. The van der Waals surface area contributed by atoms with Crippen molar-refractivity contribution in [3.63, 3.8) is 0 Å². The topological polar surface area (TPSA) is 32.3 Å². The van der Waals surface area contributed by atoms with Gasteiger partial charge in [0.05, 0.1) is 5.56 Å². The molecule has 1 amide bonds. The Balaban J connectivity index is 2.01. The van der Waals surface area contributed by atoms with Crippen LogP contribution in [0.2, 0.25) is 0 Å². The van der Waals surface area contributed by atoms with E-state index in [4.69, 9.17) is 0 Å². The predicted molar refractivity (Wildman–Crippen MR) is 82.8 cm³/mol. The Hall–Kier alpha value is -1.63. The van der Waals surface area contributed by atoms with Crippen LogP contribution in [0.3, 0.4) is 0 Å². The molecule has 0 bridgehead atoms. The quantitative estimate of drug-likeness (QED) is 0.824. The lowest BCUT2D eigenvalue weighted by Gasteiger charge is -2.36. The van der Waals surface area contributed by atoms with E-state index in [1.807, 2.05) is 0 Å². The molecule has 2 rings (SSSR count). The number of hydrogen-bond acceptors (Lipinski definition) is 2. The van der Waals surface area contributed by atoms with Gasteiger partial charge >= 0.3 is 6.18 Å². The highest BCUT2D eigenvalue weighted by Crippen LogP contribution is 2.32. The van der Waals surface area contributed by atoms with Gasteiger partial charge in [-0.05, 0) is 43.5 Å². The molecule has 1 saturated heterocycles. The zero-order valence-corrected chi connectivity index (χ0v) is 13.6. The number of likely N-dealkylation sites (tertiary alicyclic amines) is 1. The van der Waals surface area contributed by atoms with E-state index in [-0.39, 0.29) is 11.9 Å². The Labute approximate surface area is 139 Å². The van der Waals surface area contributed by atoms with Gasteiger partial charge in [-0.2, -0.15) is 13.2 Å². The van der Waals surface area contributed by atoms with E-state index in [1.54, 1.807) is 0 Å². The maximum atomic E-state index is 13.7. The van der Waals surface area contributed by atoms with Gasteiger partial charge in [0.15, 0.2) is 0 Å². The number of halogens is 4. The van der Waals surface area contributed by atoms with E-state index in [0.717, 1.165) is 44.4 Å². The second-order valence-electron chi connectivity index (χ2n) is 6.20. The fourth-order valence-corrected chi connectivity index (χ4v) is 3.13. The highest BCUT2D eigenvalue weighted by molar-refractivity contribution is 5.72. The average molecular weight is 346 g/mol. The normalized spacial score (nSPS) is 19.3. The van der Waals surface area contributed by atoms with Crippen LogP contribution in [0.25, 0.3) is 0 Å². The van der Waals surface area contributed by atoms with Crippen LogP contribution in [-0.2, 0) is 17.5 Å². The lowest BCUT2D eigenvalue weighted by Crippen LogP contribution is -2.41. The van der Waals surface area contributed by atoms with E-state index in [2.05, 4.69) is 10.2 Å². The lowest BCUT2D eigenvalue weighted by molar-refractivity contribution is -0.140. The van der Waals surface area contributed by atoms with Gasteiger partial charge in [0.1, 0.15) is 5.82 Å². The van der Waals surface area contributed by atoms with Crippen molar-refractivity contribution in [1.82, 2.24) is 10.2 Å². The third-order valence-corrected chi connectivity index (χ3v) is 4.33. The number of nitrogens with zero attached hydrogens (tertiary/aromatic N) is 1. The molecule has 1 aromatic rings. The van der Waals surface area contributed by atoms with Crippen molar-refractivity contribution < 1.29 is 22.4 Å². The van der Waals surface area contributed by atoms with Gasteiger partial charge in [0, 0.05) is 26.1 Å². The van der Waals surface area contributed by atoms with E-state index in [1.165, 1.54) is 13.0 Å². The van der Waals surface area contributed by atoms with Crippen LogP contribution in [0.5, 0.6) is 0 Å². The number of nitrogens with one attached hydrogen (secondary N) is 1. The van der Waals surface area contributed by atoms with Crippen molar-refractivity contribution in [1.29, 1.82) is 0 Å². The Morgan fingerprint density at radius 2 is 2.08 bits per heavy atom. The van der Waals surface area contributed by atoms with Crippen LogP contribution >= 0.6 is 0 Å². The van der Waals surface area contributed by atoms with Crippen LogP contribution in [0.4, 0.5) is 17.6 Å². The molecular formula is C17H22F4N2O. The first-order valence-corrected chi connectivity index (χ1v) is 8.11. The van der Waals surface area contributed by atoms with Gasteiger partial charge in [-0.1, -0.05) is 12.5 Å². The largest absolute Gasteiger partial charge is 0.419 e. The number of hydrogen-bond donors (Lipinski definition) is 1. The first kappa shape index (κ1) is 18.7. The molecule has 0 spiro atoms. The summed E-state index contributed by atoms with van der Waals surface area (Å²) in [4.78, 5) is 13.1. The Morgan fingerprint density at radius 3 is 2.71 bits per heavy atom. The second-order valence-corrected chi connectivity index (χ2v) is 6.20. The van der Waals surface area contributed by atoms with Gasteiger partial charge in [-0.25, -0.2) is 4.39 Å². The Morgan fingerprint density at radius 1 is 1.33 bits per heavy atom. The third kappa shape index (κ3) is 5.19. The number of carbonyl (C=O) groups is 1. The van der Waals surface area contributed by atoms with Crippen LogP contribution in [0, 0.1) is 5.82 Å². The maximum Gasteiger partial charge on any atom is 0.419 e. The highest BCUT2D eigenvalue weighted by atomic mass is 19.4. The molecule has 24 heavy (non-hydrogen) atoms. The van der Waals surface area contributed by atoms with Crippen LogP contribution in [-0.4, -0.2) is 29.9 Å². The van der Waals surface area contributed by atoms with Gasteiger partial charge < -0.3 is 5.32 Å². The van der Waals surface area contributed by atoms with E-state index < -0.39 is 17.6 Å². The summed E-state index contributed by atoms with van der Waals surface area (Å²) in [7, 11) is 0. The summed E-state index contributed by atoms with van der Waals surface area (Å²) in [5.74, 6) is -1.31. The van der Waals surface area contributed by atoms with Crippen molar-refractivity contribution in [2.75, 3.05) is 13.1 Å². The standard InChI is InChI=1S/C17H22F4N2O/c1-12(24)22-8-7-14-4-2-3-9-23(14)11-13-5-6-15(16(18)10-13)17(19,20)21/h5-6,10,14H,2-4,7-9,11H2,1H3,(H,22,24)/t14-/m1/s1. The number of benzene rings is 1. The molecule has 1 aliphatic heterocycles. The smallest absolute Gasteiger partial charge is 0.356 e. The molecule has 0 radical (unpaired) electrons. The molecule has 1 aromatic carbocycles. The van der Waals surface area contributed by atoms with Crippen molar-refractivity contribution in [2.24, 2.45) is 0 Å². The summed E-state index contributed by atoms with van der Waals surface area (Å²) in [6.07, 6.45) is -0.817. The van der Waals surface area contributed by atoms with Crippen molar-refractivity contribution in [3.05, 3.63) is 35.1 Å². The summed E-state index contributed by atoms with van der Waals surface area (Å²) in [6.45, 7) is 3.27. The Bertz CT molecular complexity index is 574. The molecule has 0 aromatic heterocycles. The number of rotatable bonds is 5. The van der Waals surface area contributed by atoms with Gasteiger partial charge in [-0.3, -0.25) is 9.69 Å². The molecule has 0 saturated carbocycles. The molecule has 0 unspecified atom stereocenters. The molecule has 3 nitrogen and oxygen atoms in total. The Kier molecular flexibility index (Phi) is 6.21. The van der Waals surface area contributed by atoms with Crippen molar-refractivity contribution >= 4 is 5.91 Å². The average Bonchev–Trinajstić information content (AvgIpc) is 2.47. The molecule has 1 aliphatic rings. The molecule has 0 aliphatic carbocycles. The van der Waals surface area contributed by atoms with E-state index in [0.29, 0.717) is 18.7 Å². The molecular weight excluding hydrogens is 324 g/mol. The minimum absolute atomic E-state index is 0.0813. The number of alkyl halides is 3. The van der Waals surface area contributed by atoms with E-state index in [9.17, 15) is 22.4 Å². The van der Waals surface area contributed by atoms with Gasteiger partial charge in [0.2, 0.25) is 5.91 Å². The van der Waals surface area contributed by atoms with Gasteiger partial charge in [-0.15, -0.1) is 0 Å². The number of carbonyl (C=O) groups excluding carboxylic acids is 1. The minimum Gasteiger partial charge on any atom is -0.356 e. The first-order valence-electron chi connectivity index (χ1n) is 8.11. The summed E-state index contributed by atoms with van der Waals surface area (Å²) >= 11 is 0. The summed E-state index contributed by atoms with van der Waals surface area (Å²) < 4.78 is 51.6. The fraction of sp³-hybridized carbons (Fsp3) is 0.588. The monoisotopic (exact) mass is 346 g/mol. The zero-order chi connectivity index (χ0) is 17.7. The molecule has 1 N–H and O–H groups in total. The molecule has 7 heteroatoms. The molecule has 134 valence electrons. The van der Waals surface area contributed by atoms with Crippen molar-refractivity contribution in [3.8, 4) is 0 Å². The van der Waals surface area contributed by atoms with Gasteiger partial charge in [0.25, 0.3) is 0 Å². The number of amides is 1. The second kappa shape index (κ2) is 7.96. The highest BCUT2D eigenvalue weighted by Gasteiger charge is 2.34. The summed E-state index contributed by atoms with van der Waals surface area (Å²) in [5.41, 5.74) is -0.695. The van der Waals surface area contributed by atoms with E-state index >= 15 is 0 Å².